The number of aromatic amines is 1. The number of nitrogens with one attached hydrogen (secondary N) is 1. The lowest BCUT2D eigenvalue weighted by Gasteiger charge is -2.54. The van der Waals surface area contributed by atoms with Crippen LogP contribution in [-0.2, 0) is 19.1 Å². The Balaban J connectivity index is 0.000000265. The molecule has 2 aromatic rings. The number of para-hydroxylation sites is 1. The Labute approximate surface area is 183 Å². The summed E-state index contributed by atoms with van der Waals surface area (Å²) < 4.78 is 5.84. The van der Waals surface area contributed by atoms with Gasteiger partial charge in [0.2, 0.25) is 0 Å². The van der Waals surface area contributed by atoms with Crippen LogP contribution in [-0.4, -0.2) is 68.5 Å². The van der Waals surface area contributed by atoms with Gasteiger partial charge in [0.1, 0.15) is 11.9 Å². The van der Waals surface area contributed by atoms with Gasteiger partial charge in [-0.2, -0.15) is 0 Å². The molecule has 4 fully saturated rings. The number of fused-ring (bicyclic) bond motifs is 2. The summed E-state index contributed by atoms with van der Waals surface area (Å²) in [6.45, 7) is 0.600. The van der Waals surface area contributed by atoms with E-state index in [4.69, 9.17) is 14.9 Å². The molecule has 5 heterocycles. The van der Waals surface area contributed by atoms with Crippen molar-refractivity contribution in [3.05, 3.63) is 48.2 Å². The van der Waals surface area contributed by atoms with Gasteiger partial charge in [-0.1, -0.05) is 18.2 Å². The van der Waals surface area contributed by atoms with E-state index in [1.165, 1.54) is 0 Å². The topological polar surface area (TPSA) is 137 Å². The first-order valence-corrected chi connectivity index (χ1v) is 10.5. The second kappa shape index (κ2) is 8.96. The summed E-state index contributed by atoms with van der Waals surface area (Å²) in [6, 6.07) is 8.58. The number of rotatable bonds is 4. The first kappa shape index (κ1) is 21.8. The molecule has 168 valence electrons. The molecule has 3 unspecified atom stereocenters. The largest absolute Gasteiger partial charge is 0.478 e. The Hall–Kier alpha value is -3.46. The zero-order chi connectivity index (χ0) is 22.8. The van der Waals surface area contributed by atoms with E-state index in [0.717, 1.165) is 36.6 Å². The van der Waals surface area contributed by atoms with E-state index in [1.807, 2.05) is 24.3 Å². The van der Waals surface area contributed by atoms with Crippen LogP contribution in [0.15, 0.2) is 42.6 Å². The fraction of sp³-hybridized carbons (Fsp3) is 0.391. The standard InChI is InChI=1S/C19H20N2O3.C4H4O4/c22-18-10-21-12-5-11(18)6-13(21)8-14(7-12)24-19(23)16-9-20-17-4-2-1-3-15(16)17;5-3(6)1-2-4(7)8/h1-4,9,11-14,20H,5-8,10H2;1-2H,(H,5,6)(H,7,8)/b;2-1-/t11?,12-,13+,14?;. The number of benzene rings is 1. The Bertz CT molecular complexity index is 1060. The Morgan fingerprint density at radius 2 is 1.62 bits per heavy atom. The molecule has 3 N–H and O–H groups in total. The summed E-state index contributed by atoms with van der Waals surface area (Å²) in [5.41, 5.74) is 1.56. The molecule has 6 rings (SSSR count). The molecule has 0 spiro atoms. The lowest BCUT2D eigenvalue weighted by atomic mass is 9.72. The minimum Gasteiger partial charge on any atom is -0.478 e. The number of piperidine rings is 4. The number of nitrogens with zero attached hydrogens (tertiary/aromatic N) is 1. The van der Waals surface area contributed by atoms with Crippen LogP contribution >= 0.6 is 0 Å². The first-order valence-electron chi connectivity index (χ1n) is 10.5. The summed E-state index contributed by atoms with van der Waals surface area (Å²) >= 11 is 0. The summed E-state index contributed by atoms with van der Waals surface area (Å²) in [4.78, 5) is 49.1. The highest BCUT2D eigenvalue weighted by atomic mass is 16.5. The van der Waals surface area contributed by atoms with Crippen molar-refractivity contribution in [1.82, 2.24) is 9.88 Å². The Morgan fingerprint density at radius 1 is 1.00 bits per heavy atom. The molecular weight excluding hydrogens is 416 g/mol. The van der Waals surface area contributed by atoms with Gasteiger partial charge in [0.15, 0.2) is 0 Å². The molecule has 1 aromatic carbocycles. The van der Waals surface area contributed by atoms with Crippen LogP contribution in [0.25, 0.3) is 10.9 Å². The second-order valence-corrected chi connectivity index (χ2v) is 8.37. The average Bonchev–Trinajstić information content (AvgIpc) is 3.17. The summed E-state index contributed by atoms with van der Waals surface area (Å²) in [5, 5.41) is 16.5. The molecule has 9 nitrogen and oxygen atoms in total. The Kier molecular flexibility index (Phi) is 6.09. The third-order valence-corrected chi connectivity index (χ3v) is 6.37. The van der Waals surface area contributed by atoms with Gasteiger partial charge in [-0.25, -0.2) is 14.4 Å². The number of hydrogen-bond donors (Lipinski definition) is 3. The van der Waals surface area contributed by atoms with Crippen molar-refractivity contribution in [2.24, 2.45) is 5.92 Å². The van der Waals surface area contributed by atoms with Gasteiger partial charge in [-0.3, -0.25) is 9.69 Å². The smallest absolute Gasteiger partial charge is 0.340 e. The number of carbonyl (C=O) groups is 4. The monoisotopic (exact) mass is 440 g/mol. The Morgan fingerprint density at radius 3 is 2.22 bits per heavy atom. The fourth-order valence-electron chi connectivity index (χ4n) is 5.01. The third-order valence-electron chi connectivity index (χ3n) is 6.37. The molecule has 4 aliphatic rings. The van der Waals surface area contributed by atoms with E-state index in [2.05, 4.69) is 9.88 Å². The van der Waals surface area contributed by atoms with E-state index in [0.29, 0.717) is 42.1 Å². The zero-order valence-electron chi connectivity index (χ0n) is 17.3. The number of carboxylic acids is 2. The van der Waals surface area contributed by atoms with Crippen LogP contribution in [0.2, 0.25) is 0 Å². The number of Topliss-reactive ketones (excluding diaryl/α,β-unsaturated/α-hetero) is 1. The molecule has 4 bridgehead atoms. The van der Waals surface area contributed by atoms with Gasteiger partial charge < -0.3 is 19.9 Å². The molecule has 4 saturated heterocycles. The van der Waals surface area contributed by atoms with Crippen molar-refractivity contribution in [1.29, 1.82) is 0 Å². The van der Waals surface area contributed by atoms with Gasteiger partial charge in [-0.05, 0) is 18.9 Å². The molecule has 0 radical (unpaired) electrons. The lowest BCUT2D eigenvalue weighted by molar-refractivity contribution is -0.145. The van der Waals surface area contributed by atoms with Crippen LogP contribution in [0.5, 0.6) is 0 Å². The van der Waals surface area contributed by atoms with Gasteiger partial charge in [0, 0.05) is 60.1 Å². The minimum absolute atomic E-state index is 0.0356. The summed E-state index contributed by atoms with van der Waals surface area (Å²) in [7, 11) is 0. The van der Waals surface area contributed by atoms with Crippen LogP contribution < -0.4 is 0 Å². The van der Waals surface area contributed by atoms with Crippen molar-refractivity contribution in [3.8, 4) is 0 Å². The maximum atomic E-state index is 12.6. The van der Waals surface area contributed by atoms with E-state index in [9.17, 15) is 19.2 Å². The van der Waals surface area contributed by atoms with E-state index in [-0.39, 0.29) is 18.0 Å². The minimum atomic E-state index is -1.26. The molecule has 5 atom stereocenters. The van der Waals surface area contributed by atoms with Gasteiger partial charge in [0.05, 0.1) is 12.1 Å². The molecule has 9 heteroatoms. The zero-order valence-corrected chi connectivity index (χ0v) is 17.3. The molecule has 0 amide bonds. The number of ketones is 1. The van der Waals surface area contributed by atoms with Crippen molar-refractivity contribution in [2.75, 3.05) is 6.54 Å². The highest BCUT2D eigenvalue weighted by molar-refractivity contribution is 6.04. The molecule has 4 aliphatic heterocycles. The number of ether oxygens (including phenoxy) is 1. The van der Waals surface area contributed by atoms with Gasteiger partial charge in [-0.15, -0.1) is 0 Å². The van der Waals surface area contributed by atoms with Crippen molar-refractivity contribution in [2.45, 2.75) is 43.9 Å². The van der Waals surface area contributed by atoms with Gasteiger partial charge >= 0.3 is 17.9 Å². The lowest BCUT2D eigenvalue weighted by Crippen LogP contribution is -2.63. The predicted octanol–water partition coefficient (Wildman–Crippen LogP) is 2.23. The van der Waals surface area contributed by atoms with E-state index >= 15 is 0 Å². The number of hydrogen-bond acceptors (Lipinski definition) is 6. The average molecular weight is 440 g/mol. The van der Waals surface area contributed by atoms with Crippen LogP contribution in [0.1, 0.15) is 36.0 Å². The maximum Gasteiger partial charge on any atom is 0.340 e. The fourth-order valence-corrected chi connectivity index (χ4v) is 5.01. The van der Waals surface area contributed by atoms with Crippen molar-refractivity contribution in [3.63, 3.8) is 0 Å². The SMILES string of the molecule is O=C(O)/C=C\C(=O)O.O=C(OC1C[C@@H]2CC3C[C@H](C1)N2CC3=O)c1c[nH]c2ccccc12. The number of carbonyl (C=O) groups excluding carboxylic acids is 2. The van der Waals surface area contributed by atoms with Crippen molar-refractivity contribution < 1.29 is 34.1 Å². The number of esters is 1. The number of aromatic nitrogens is 1. The number of H-pyrrole nitrogens is 1. The highest BCUT2D eigenvalue weighted by Gasteiger charge is 2.49. The maximum absolute atomic E-state index is 12.6. The number of carboxylic acid groups (broad SMARTS) is 2. The van der Waals surface area contributed by atoms with Crippen LogP contribution in [0.3, 0.4) is 0 Å². The third kappa shape index (κ3) is 4.57. The molecule has 0 aliphatic carbocycles. The van der Waals surface area contributed by atoms with E-state index in [1.54, 1.807) is 6.20 Å². The van der Waals surface area contributed by atoms with Crippen molar-refractivity contribution >= 4 is 34.6 Å². The first-order chi connectivity index (χ1) is 15.3. The molecular formula is C23H24N2O7. The number of aliphatic carboxylic acids is 2. The quantitative estimate of drug-likeness (QED) is 0.486. The predicted molar refractivity (Wildman–Crippen MR) is 113 cm³/mol. The molecule has 0 saturated carbocycles. The summed E-state index contributed by atoms with van der Waals surface area (Å²) in [5.74, 6) is -2.11. The highest BCUT2D eigenvalue weighted by Crippen LogP contribution is 2.42. The molecule has 1 aromatic heterocycles. The molecule has 32 heavy (non-hydrogen) atoms. The van der Waals surface area contributed by atoms with Gasteiger partial charge in [0.25, 0.3) is 0 Å². The van der Waals surface area contributed by atoms with E-state index < -0.39 is 11.9 Å². The summed E-state index contributed by atoms with van der Waals surface area (Å²) in [6.07, 6.45) is 6.41. The second-order valence-electron chi connectivity index (χ2n) is 8.37. The van der Waals surface area contributed by atoms with Crippen LogP contribution in [0, 0.1) is 5.92 Å². The van der Waals surface area contributed by atoms with Crippen LogP contribution in [0.4, 0.5) is 0 Å². The normalized spacial score (nSPS) is 28.2.